The third kappa shape index (κ3) is 2.31. The Morgan fingerprint density at radius 2 is 1.85 bits per heavy atom. The van der Waals surface area contributed by atoms with E-state index < -0.39 is 5.24 Å². The van der Waals surface area contributed by atoms with Crippen LogP contribution in [-0.4, -0.2) is 5.24 Å². The average Bonchev–Trinajstić information content (AvgIpc) is 2.03. The molecule has 0 amide bonds. The van der Waals surface area contributed by atoms with Crippen LogP contribution in [0, 0.1) is 11.3 Å². The monoisotopic (exact) mass is 321 g/mol. The summed E-state index contributed by atoms with van der Waals surface area (Å²) in [4.78, 5) is 10.8. The Kier molecular flexibility index (Phi) is 3.48. The number of nitrogens with zero attached hydrogens (tertiary/aromatic N) is 1. The quantitative estimate of drug-likeness (QED) is 0.743. The molecule has 0 fully saturated rings. The minimum atomic E-state index is -0.550. The first-order valence-electron chi connectivity index (χ1n) is 3.15. The Morgan fingerprint density at radius 1 is 1.38 bits per heavy atom. The zero-order valence-electron chi connectivity index (χ0n) is 6.14. The number of benzene rings is 1. The van der Waals surface area contributed by atoms with Crippen molar-refractivity contribution in [1.82, 2.24) is 0 Å². The standard InChI is InChI=1S/C8H2Br2ClNO/c9-6-1-4(8(11)13)2-7(10)5(6)3-12/h1-2H. The van der Waals surface area contributed by atoms with Gasteiger partial charge in [0.15, 0.2) is 0 Å². The van der Waals surface area contributed by atoms with E-state index in [2.05, 4.69) is 31.9 Å². The van der Waals surface area contributed by atoms with Crippen molar-refractivity contribution in [3.8, 4) is 6.07 Å². The topological polar surface area (TPSA) is 40.9 Å². The summed E-state index contributed by atoms with van der Waals surface area (Å²) in [5.74, 6) is 0. The van der Waals surface area contributed by atoms with Crippen molar-refractivity contribution < 1.29 is 4.79 Å². The molecule has 0 saturated heterocycles. The molecular weight excluding hydrogens is 321 g/mol. The molecule has 1 aromatic rings. The van der Waals surface area contributed by atoms with Crippen LogP contribution in [-0.2, 0) is 0 Å². The molecule has 0 saturated carbocycles. The Labute approximate surface area is 96.8 Å². The molecule has 0 spiro atoms. The average molecular weight is 323 g/mol. The van der Waals surface area contributed by atoms with Gasteiger partial charge in [0.1, 0.15) is 6.07 Å². The van der Waals surface area contributed by atoms with Crippen molar-refractivity contribution in [2.24, 2.45) is 0 Å². The van der Waals surface area contributed by atoms with Crippen molar-refractivity contribution in [3.05, 3.63) is 32.2 Å². The van der Waals surface area contributed by atoms with Crippen LogP contribution >= 0.6 is 43.5 Å². The molecule has 0 heterocycles. The van der Waals surface area contributed by atoms with Gasteiger partial charge in [0.2, 0.25) is 0 Å². The van der Waals surface area contributed by atoms with Crippen molar-refractivity contribution in [3.63, 3.8) is 0 Å². The molecule has 13 heavy (non-hydrogen) atoms. The molecule has 66 valence electrons. The first-order valence-corrected chi connectivity index (χ1v) is 5.11. The van der Waals surface area contributed by atoms with Gasteiger partial charge in [-0.1, -0.05) is 0 Å². The number of nitriles is 1. The van der Waals surface area contributed by atoms with Gasteiger partial charge in [-0.2, -0.15) is 5.26 Å². The lowest BCUT2D eigenvalue weighted by molar-refractivity contribution is 0.108. The summed E-state index contributed by atoms with van der Waals surface area (Å²) in [5.41, 5.74) is 0.793. The van der Waals surface area contributed by atoms with E-state index in [0.29, 0.717) is 20.1 Å². The van der Waals surface area contributed by atoms with E-state index in [1.165, 1.54) is 12.1 Å². The zero-order valence-corrected chi connectivity index (χ0v) is 10.1. The highest BCUT2D eigenvalue weighted by Gasteiger charge is 2.09. The minimum absolute atomic E-state index is 0.347. The van der Waals surface area contributed by atoms with Crippen molar-refractivity contribution >= 4 is 48.7 Å². The highest BCUT2D eigenvalue weighted by Crippen LogP contribution is 2.27. The fraction of sp³-hybridized carbons (Fsp3) is 0. The van der Waals surface area contributed by atoms with E-state index in [9.17, 15) is 4.79 Å². The molecule has 0 bridgehead atoms. The highest BCUT2D eigenvalue weighted by atomic mass is 79.9. The lowest BCUT2D eigenvalue weighted by Crippen LogP contribution is -1.91. The van der Waals surface area contributed by atoms with Gasteiger partial charge in [-0.15, -0.1) is 0 Å². The maximum absolute atomic E-state index is 10.8. The number of hydrogen-bond acceptors (Lipinski definition) is 2. The van der Waals surface area contributed by atoms with Crippen molar-refractivity contribution in [2.75, 3.05) is 0 Å². The van der Waals surface area contributed by atoms with E-state index in [-0.39, 0.29) is 0 Å². The smallest absolute Gasteiger partial charge is 0.252 e. The van der Waals surface area contributed by atoms with Gasteiger partial charge in [0, 0.05) is 14.5 Å². The predicted octanol–water partition coefficient (Wildman–Crippen LogP) is 3.46. The molecule has 0 atom stereocenters. The van der Waals surface area contributed by atoms with Crippen molar-refractivity contribution in [1.29, 1.82) is 5.26 Å². The molecule has 1 rings (SSSR count). The number of carbonyl (C=O) groups excluding carboxylic acids is 1. The summed E-state index contributed by atoms with van der Waals surface area (Å²) in [6, 6.07) is 5.01. The van der Waals surface area contributed by atoms with Crippen LogP contribution < -0.4 is 0 Å². The molecule has 0 radical (unpaired) electrons. The summed E-state index contributed by atoms with van der Waals surface area (Å²) in [5, 5.41) is 8.15. The maximum Gasteiger partial charge on any atom is 0.252 e. The Morgan fingerprint density at radius 3 is 2.15 bits per heavy atom. The summed E-state index contributed by atoms with van der Waals surface area (Å²) in [7, 11) is 0. The van der Waals surface area contributed by atoms with Crippen LogP contribution in [0.1, 0.15) is 15.9 Å². The van der Waals surface area contributed by atoms with Gasteiger partial charge in [-0.3, -0.25) is 4.79 Å². The predicted molar refractivity (Wildman–Crippen MR) is 56.7 cm³/mol. The normalized spacial score (nSPS) is 9.38. The van der Waals surface area contributed by atoms with Crippen LogP contribution in [0.2, 0.25) is 0 Å². The Balaban J connectivity index is 3.39. The van der Waals surface area contributed by atoms with E-state index in [4.69, 9.17) is 16.9 Å². The largest absolute Gasteiger partial charge is 0.276 e. The number of halogens is 3. The summed E-state index contributed by atoms with van der Waals surface area (Å²) in [6.45, 7) is 0. The van der Waals surface area contributed by atoms with Crippen LogP contribution in [0.4, 0.5) is 0 Å². The lowest BCUT2D eigenvalue weighted by atomic mass is 10.2. The van der Waals surface area contributed by atoms with Gasteiger partial charge in [-0.25, -0.2) is 0 Å². The molecule has 0 aromatic heterocycles. The minimum Gasteiger partial charge on any atom is -0.276 e. The van der Waals surface area contributed by atoms with Crippen LogP contribution in [0.25, 0.3) is 0 Å². The van der Waals surface area contributed by atoms with E-state index >= 15 is 0 Å². The third-order valence-corrected chi connectivity index (χ3v) is 2.85. The van der Waals surface area contributed by atoms with E-state index in [1.807, 2.05) is 6.07 Å². The summed E-state index contributed by atoms with van der Waals surface area (Å²) in [6.07, 6.45) is 0. The van der Waals surface area contributed by atoms with Crippen LogP contribution in [0.3, 0.4) is 0 Å². The first kappa shape index (κ1) is 10.7. The van der Waals surface area contributed by atoms with Crippen LogP contribution in [0.15, 0.2) is 21.1 Å². The van der Waals surface area contributed by atoms with Gasteiger partial charge >= 0.3 is 0 Å². The van der Waals surface area contributed by atoms with Crippen LogP contribution in [0.5, 0.6) is 0 Å². The van der Waals surface area contributed by atoms with E-state index in [1.54, 1.807) is 0 Å². The van der Waals surface area contributed by atoms with Gasteiger partial charge < -0.3 is 0 Å². The van der Waals surface area contributed by atoms with Crippen molar-refractivity contribution in [2.45, 2.75) is 0 Å². The second-order valence-corrected chi connectivity index (χ2v) is 4.25. The Hall–Kier alpha value is -0.370. The molecule has 1 aromatic carbocycles. The summed E-state index contributed by atoms with van der Waals surface area (Å²) < 4.78 is 1.10. The second-order valence-electron chi connectivity index (χ2n) is 2.20. The molecule has 0 aliphatic carbocycles. The zero-order chi connectivity index (χ0) is 10.0. The van der Waals surface area contributed by atoms with Gasteiger partial charge in [0.05, 0.1) is 5.56 Å². The summed E-state index contributed by atoms with van der Waals surface area (Å²) >= 11 is 11.6. The highest BCUT2D eigenvalue weighted by molar-refractivity contribution is 9.11. The van der Waals surface area contributed by atoms with E-state index in [0.717, 1.165) is 0 Å². The SMILES string of the molecule is N#Cc1c(Br)cc(C(=O)Cl)cc1Br. The molecule has 0 unspecified atom stereocenters. The second kappa shape index (κ2) is 4.23. The van der Waals surface area contributed by atoms with Gasteiger partial charge in [-0.05, 0) is 55.6 Å². The molecular formula is C8H2Br2ClNO. The van der Waals surface area contributed by atoms with Gasteiger partial charge in [0.25, 0.3) is 5.24 Å². The Bertz CT molecular complexity index is 388. The fourth-order valence-electron chi connectivity index (χ4n) is 0.793. The molecule has 5 heteroatoms. The number of hydrogen-bond donors (Lipinski definition) is 0. The molecule has 0 aliphatic rings. The number of carbonyl (C=O) groups is 1. The lowest BCUT2D eigenvalue weighted by Gasteiger charge is -2.00. The molecule has 0 N–H and O–H groups in total. The first-order chi connectivity index (χ1) is 6.06. The molecule has 2 nitrogen and oxygen atoms in total. The maximum atomic E-state index is 10.8. The fourth-order valence-corrected chi connectivity index (χ4v) is 2.27. The molecule has 0 aliphatic heterocycles. The number of rotatable bonds is 1. The third-order valence-electron chi connectivity index (χ3n) is 1.38.